The minimum absolute atomic E-state index is 0.175. The summed E-state index contributed by atoms with van der Waals surface area (Å²) < 4.78 is 6.82. The molecule has 2 aromatic heterocycles. The number of piperazine rings is 1. The number of fused-ring (bicyclic) bond motifs is 1. The molecular weight excluding hydrogens is 392 g/mol. The van der Waals surface area contributed by atoms with E-state index in [2.05, 4.69) is 14.9 Å². The number of para-hydroxylation sites is 1. The Hall–Kier alpha value is -2.16. The summed E-state index contributed by atoms with van der Waals surface area (Å²) in [6.45, 7) is 4.85. The highest BCUT2D eigenvalue weighted by molar-refractivity contribution is 8.00. The number of benzene rings is 1. The Morgan fingerprint density at radius 3 is 2.75 bits per heavy atom. The summed E-state index contributed by atoms with van der Waals surface area (Å²) in [4.78, 5) is 25.5. The second-order valence-corrected chi connectivity index (χ2v) is 8.37. The predicted molar refractivity (Wildman–Crippen MR) is 113 cm³/mol. The Kier molecular flexibility index (Phi) is 6.41. The number of thiophene rings is 1. The van der Waals surface area contributed by atoms with Gasteiger partial charge in [0, 0.05) is 32.7 Å². The van der Waals surface area contributed by atoms with Crippen LogP contribution in [0.2, 0.25) is 0 Å². The molecule has 0 N–H and O–H groups in total. The summed E-state index contributed by atoms with van der Waals surface area (Å²) in [6.07, 6.45) is 1.57. The number of amides is 1. The van der Waals surface area contributed by atoms with Crippen molar-refractivity contribution in [2.45, 2.75) is 5.03 Å². The van der Waals surface area contributed by atoms with Gasteiger partial charge in [0.1, 0.15) is 23.7 Å². The van der Waals surface area contributed by atoms with Crippen molar-refractivity contribution in [3.05, 3.63) is 48.1 Å². The molecule has 3 aromatic rings. The molecule has 0 atom stereocenters. The number of nitrogens with zero attached hydrogens (tertiary/aromatic N) is 4. The lowest BCUT2D eigenvalue weighted by molar-refractivity contribution is -0.130. The highest BCUT2D eigenvalue weighted by atomic mass is 32.2. The normalized spacial score (nSPS) is 15.1. The molecule has 28 heavy (non-hydrogen) atoms. The Morgan fingerprint density at radius 2 is 1.93 bits per heavy atom. The average Bonchev–Trinajstić information content (AvgIpc) is 3.23. The molecule has 1 aliphatic rings. The lowest BCUT2D eigenvalue weighted by Crippen LogP contribution is -2.50. The molecule has 3 heterocycles. The molecule has 0 spiro atoms. The molecule has 1 aliphatic heterocycles. The van der Waals surface area contributed by atoms with Crippen LogP contribution in [0, 0.1) is 0 Å². The molecule has 1 amide bonds. The number of ether oxygens (including phenoxy) is 1. The summed E-state index contributed by atoms with van der Waals surface area (Å²) in [5, 5.41) is 2.90. The topological polar surface area (TPSA) is 58.6 Å². The first-order valence-electron chi connectivity index (χ1n) is 9.28. The second kappa shape index (κ2) is 9.36. The number of carbonyl (C=O) groups is 1. The van der Waals surface area contributed by atoms with E-state index >= 15 is 0 Å². The van der Waals surface area contributed by atoms with Crippen LogP contribution in [0.1, 0.15) is 0 Å². The third-order valence-electron chi connectivity index (χ3n) is 4.69. The summed E-state index contributed by atoms with van der Waals surface area (Å²) in [7, 11) is 0. The summed E-state index contributed by atoms with van der Waals surface area (Å²) >= 11 is 3.12. The van der Waals surface area contributed by atoms with E-state index in [1.807, 2.05) is 46.7 Å². The zero-order chi connectivity index (χ0) is 19.2. The van der Waals surface area contributed by atoms with Crippen LogP contribution >= 0.6 is 23.1 Å². The smallest absolute Gasteiger partial charge is 0.233 e. The standard InChI is InChI=1S/C20H22N4O2S2/c25-18(14-28-20-19-17(6-13-27-19)21-15-22-20)24-9-7-23(8-10-24)11-12-26-16-4-2-1-3-5-16/h1-6,13,15H,7-12,14H2. The van der Waals surface area contributed by atoms with E-state index in [1.165, 1.54) is 11.8 Å². The minimum Gasteiger partial charge on any atom is -0.492 e. The zero-order valence-corrected chi connectivity index (χ0v) is 17.1. The van der Waals surface area contributed by atoms with Crippen LogP contribution in [0.4, 0.5) is 0 Å². The van der Waals surface area contributed by atoms with Crippen molar-refractivity contribution >= 4 is 39.2 Å². The largest absolute Gasteiger partial charge is 0.492 e. The van der Waals surface area contributed by atoms with Gasteiger partial charge in [-0.3, -0.25) is 9.69 Å². The number of carbonyl (C=O) groups excluding carboxylic acids is 1. The second-order valence-electron chi connectivity index (χ2n) is 6.49. The van der Waals surface area contributed by atoms with Gasteiger partial charge >= 0.3 is 0 Å². The van der Waals surface area contributed by atoms with Gasteiger partial charge < -0.3 is 9.64 Å². The molecule has 8 heteroatoms. The van der Waals surface area contributed by atoms with Crippen LogP contribution in [0.3, 0.4) is 0 Å². The lowest BCUT2D eigenvalue weighted by Gasteiger charge is -2.34. The van der Waals surface area contributed by atoms with E-state index in [9.17, 15) is 4.79 Å². The number of hydrogen-bond acceptors (Lipinski definition) is 7. The fourth-order valence-corrected chi connectivity index (χ4v) is 4.97. The maximum Gasteiger partial charge on any atom is 0.233 e. The molecule has 0 radical (unpaired) electrons. The SMILES string of the molecule is O=C(CSc1ncnc2ccsc12)N1CCN(CCOc2ccccc2)CC1. The van der Waals surface area contributed by atoms with Crippen LogP contribution < -0.4 is 4.74 Å². The van der Waals surface area contributed by atoms with E-state index in [0.29, 0.717) is 12.4 Å². The van der Waals surface area contributed by atoms with Gasteiger partial charge in [0.15, 0.2) is 0 Å². The van der Waals surface area contributed by atoms with Gasteiger partial charge in [-0.05, 0) is 23.6 Å². The first-order valence-corrected chi connectivity index (χ1v) is 11.1. The molecule has 0 bridgehead atoms. The maximum atomic E-state index is 12.6. The van der Waals surface area contributed by atoms with Crippen molar-refractivity contribution in [1.82, 2.24) is 19.8 Å². The molecule has 1 aromatic carbocycles. The number of hydrogen-bond donors (Lipinski definition) is 0. The van der Waals surface area contributed by atoms with E-state index in [1.54, 1.807) is 17.7 Å². The molecule has 6 nitrogen and oxygen atoms in total. The first kappa shape index (κ1) is 19.2. The molecule has 4 rings (SSSR count). The Morgan fingerprint density at radius 1 is 1.11 bits per heavy atom. The molecule has 0 saturated carbocycles. The Balaban J connectivity index is 1.19. The van der Waals surface area contributed by atoms with E-state index in [0.717, 1.165) is 53.7 Å². The average molecular weight is 415 g/mol. The summed E-state index contributed by atoms with van der Waals surface area (Å²) in [5.74, 6) is 1.49. The van der Waals surface area contributed by atoms with E-state index in [4.69, 9.17) is 4.74 Å². The summed E-state index contributed by atoms with van der Waals surface area (Å²) in [6, 6.07) is 11.8. The van der Waals surface area contributed by atoms with Gasteiger partial charge in [0.2, 0.25) is 5.91 Å². The predicted octanol–water partition coefficient (Wildman–Crippen LogP) is 3.01. The highest BCUT2D eigenvalue weighted by Gasteiger charge is 2.21. The number of thioether (sulfide) groups is 1. The lowest BCUT2D eigenvalue weighted by atomic mass is 10.3. The van der Waals surface area contributed by atoms with Crippen molar-refractivity contribution in [2.75, 3.05) is 45.1 Å². The van der Waals surface area contributed by atoms with Gasteiger partial charge in [-0.15, -0.1) is 11.3 Å². The van der Waals surface area contributed by atoms with Crippen molar-refractivity contribution in [2.24, 2.45) is 0 Å². The Labute approximate surface area is 172 Å². The number of rotatable bonds is 7. The van der Waals surface area contributed by atoms with Gasteiger partial charge in [-0.1, -0.05) is 30.0 Å². The van der Waals surface area contributed by atoms with Crippen molar-refractivity contribution in [3.8, 4) is 5.75 Å². The third kappa shape index (κ3) is 4.81. The van der Waals surface area contributed by atoms with Crippen LogP contribution in [0.5, 0.6) is 5.75 Å². The molecule has 0 unspecified atom stereocenters. The van der Waals surface area contributed by atoms with Gasteiger partial charge in [-0.2, -0.15) is 0 Å². The molecule has 0 aliphatic carbocycles. The highest BCUT2D eigenvalue weighted by Crippen LogP contribution is 2.28. The van der Waals surface area contributed by atoms with Crippen molar-refractivity contribution in [3.63, 3.8) is 0 Å². The van der Waals surface area contributed by atoms with Crippen LogP contribution in [0.15, 0.2) is 53.1 Å². The molecular formula is C20H22N4O2S2. The Bertz CT molecular complexity index is 911. The summed E-state index contributed by atoms with van der Waals surface area (Å²) in [5.41, 5.74) is 0.946. The monoisotopic (exact) mass is 414 g/mol. The van der Waals surface area contributed by atoms with Crippen LogP contribution in [0.25, 0.3) is 10.2 Å². The van der Waals surface area contributed by atoms with Gasteiger partial charge in [-0.25, -0.2) is 9.97 Å². The van der Waals surface area contributed by atoms with Crippen LogP contribution in [-0.2, 0) is 4.79 Å². The van der Waals surface area contributed by atoms with Crippen molar-refractivity contribution < 1.29 is 9.53 Å². The molecule has 1 saturated heterocycles. The fraction of sp³-hybridized carbons (Fsp3) is 0.350. The number of aromatic nitrogens is 2. The van der Waals surface area contributed by atoms with E-state index in [-0.39, 0.29) is 5.91 Å². The quantitative estimate of drug-likeness (QED) is 0.438. The first-order chi connectivity index (χ1) is 13.8. The van der Waals surface area contributed by atoms with E-state index < -0.39 is 0 Å². The third-order valence-corrected chi connectivity index (χ3v) is 6.70. The van der Waals surface area contributed by atoms with Gasteiger partial charge in [0.05, 0.1) is 16.0 Å². The minimum atomic E-state index is 0.175. The maximum absolute atomic E-state index is 12.6. The molecule has 1 fully saturated rings. The van der Waals surface area contributed by atoms with Crippen molar-refractivity contribution in [1.29, 1.82) is 0 Å². The zero-order valence-electron chi connectivity index (χ0n) is 15.5. The van der Waals surface area contributed by atoms with Crippen LogP contribution in [-0.4, -0.2) is 70.8 Å². The molecule has 146 valence electrons. The fourth-order valence-electron chi connectivity index (χ4n) is 3.12. The van der Waals surface area contributed by atoms with Gasteiger partial charge in [0.25, 0.3) is 0 Å².